The molecule has 0 aliphatic heterocycles. The summed E-state index contributed by atoms with van der Waals surface area (Å²) >= 11 is 0. The van der Waals surface area contributed by atoms with E-state index in [-0.39, 0.29) is 17.2 Å². The van der Waals surface area contributed by atoms with Crippen LogP contribution in [-0.4, -0.2) is 36.1 Å². The van der Waals surface area contributed by atoms with E-state index in [4.69, 9.17) is 0 Å². The van der Waals surface area contributed by atoms with Crippen LogP contribution in [0.1, 0.15) is 12.0 Å². The van der Waals surface area contributed by atoms with Crippen molar-refractivity contribution in [3.05, 3.63) is 36.4 Å². The van der Waals surface area contributed by atoms with Crippen molar-refractivity contribution >= 4 is 21.6 Å². The van der Waals surface area contributed by atoms with E-state index in [0.717, 1.165) is 0 Å². The molecule has 0 fully saturated rings. The molecule has 0 bridgehead atoms. The van der Waals surface area contributed by atoms with Crippen molar-refractivity contribution in [3.63, 3.8) is 0 Å². The Bertz CT molecular complexity index is 756. The molecule has 0 aliphatic rings. The van der Waals surface area contributed by atoms with Crippen molar-refractivity contribution < 1.29 is 13.2 Å². The van der Waals surface area contributed by atoms with Crippen LogP contribution in [0.5, 0.6) is 0 Å². The van der Waals surface area contributed by atoms with Crippen LogP contribution in [0.2, 0.25) is 0 Å². The van der Waals surface area contributed by atoms with E-state index in [1.807, 2.05) is 0 Å². The lowest BCUT2D eigenvalue weighted by Crippen LogP contribution is -2.20. The molecule has 2 rings (SSSR count). The normalized spacial score (nSPS) is 11.4. The summed E-state index contributed by atoms with van der Waals surface area (Å²) in [5, 5.41) is 6.58. The van der Waals surface area contributed by atoms with Crippen LogP contribution in [0.4, 0.5) is 5.69 Å². The molecular weight excluding hydrogens is 306 g/mol. The van der Waals surface area contributed by atoms with Gasteiger partial charge in [0.25, 0.3) is 0 Å². The van der Waals surface area contributed by atoms with E-state index in [2.05, 4.69) is 20.1 Å². The highest BCUT2D eigenvalue weighted by molar-refractivity contribution is 7.89. The van der Waals surface area contributed by atoms with Gasteiger partial charge in [0.1, 0.15) is 12.7 Å². The topological polar surface area (TPSA) is 106 Å². The minimum Gasteiger partial charge on any atom is -0.326 e. The van der Waals surface area contributed by atoms with Crippen LogP contribution < -0.4 is 10.0 Å². The average molecular weight is 323 g/mol. The van der Waals surface area contributed by atoms with E-state index in [1.54, 1.807) is 23.7 Å². The Morgan fingerprint density at radius 2 is 2.14 bits per heavy atom. The van der Waals surface area contributed by atoms with Crippen molar-refractivity contribution in [2.24, 2.45) is 0 Å². The number of benzene rings is 1. The molecule has 0 unspecified atom stereocenters. The second kappa shape index (κ2) is 6.67. The predicted octanol–water partition coefficient (Wildman–Crippen LogP) is 0.523. The minimum absolute atomic E-state index is 0.143. The maximum absolute atomic E-state index is 11.9. The largest absolute Gasteiger partial charge is 0.326 e. The van der Waals surface area contributed by atoms with Crippen molar-refractivity contribution in [2.75, 3.05) is 12.4 Å². The zero-order valence-electron chi connectivity index (χ0n) is 12.3. The van der Waals surface area contributed by atoms with E-state index in [0.29, 0.717) is 17.8 Å². The summed E-state index contributed by atoms with van der Waals surface area (Å²) in [4.78, 5) is 15.8. The van der Waals surface area contributed by atoms with Crippen LogP contribution in [0.3, 0.4) is 0 Å². The van der Waals surface area contributed by atoms with Gasteiger partial charge in [-0.25, -0.2) is 18.1 Å². The smallest absolute Gasteiger partial charge is 0.240 e. The molecule has 0 saturated heterocycles. The van der Waals surface area contributed by atoms with Crippen LogP contribution in [-0.2, 0) is 21.4 Å². The first-order chi connectivity index (χ1) is 10.4. The van der Waals surface area contributed by atoms with Crippen molar-refractivity contribution in [1.29, 1.82) is 0 Å². The molecule has 0 spiro atoms. The fourth-order valence-electron chi connectivity index (χ4n) is 1.87. The van der Waals surface area contributed by atoms with Gasteiger partial charge in [0.2, 0.25) is 15.9 Å². The monoisotopic (exact) mass is 323 g/mol. The predicted molar refractivity (Wildman–Crippen MR) is 80.7 cm³/mol. The van der Waals surface area contributed by atoms with E-state index < -0.39 is 10.0 Å². The lowest BCUT2D eigenvalue weighted by molar-refractivity contribution is -0.116. The Morgan fingerprint density at radius 3 is 2.77 bits per heavy atom. The van der Waals surface area contributed by atoms with Gasteiger partial charge in [-0.15, -0.1) is 0 Å². The Kier molecular flexibility index (Phi) is 4.88. The van der Waals surface area contributed by atoms with Gasteiger partial charge in [-0.3, -0.25) is 9.48 Å². The number of nitrogens with one attached hydrogen (secondary N) is 2. The molecule has 8 nitrogen and oxygen atoms in total. The second-order valence-corrected chi connectivity index (χ2v) is 6.50. The summed E-state index contributed by atoms with van der Waals surface area (Å²) in [5.41, 5.74) is 1.04. The third-order valence-electron chi connectivity index (χ3n) is 3.06. The summed E-state index contributed by atoms with van der Waals surface area (Å²) in [7, 11) is -2.21. The van der Waals surface area contributed by atoms with Gasteiger partial charge in [-0.2, -0.15) is 5.10 Å². The molecule has 2 aromatic rings. The zero-order chi connectivity index (χ0) is 16.2. The number of aromatic nitrogens is 3. The molecular formula is C13H17N5O3S. The number of carbonyl (C=O) groups excluding carboxylic acids is 1. The lowest BCUT2D eigenvalue weighted by Gasteiger charge is -2.10. The van der Waals surface area contributed by atoms with Crippen molar-refractivity contribution in [2.45, 2.75) is 24.8 Å². The first kappa shape index (κ1) is 16.1. The number of hydrogen-bond donors (Lipinski definition) is 2. The maximum atomic E-state index is 11.9. The standard InChI is InChI=1S/C13H17N5O3S/c1-10-3-4-11(7-12(10)22(20,21)14-2)17-13(19)5-6-18-9-15-8-16-18/h3-4,7-9,14H,5-6H2,1-2H3,(H,17,19). The summed E-state index contributed by atoms with van der Waals surface area (Å²) < 4.78 is 27.6. The fraction of sp³-hybridized carbons (Fsp3) is 0.308. The van der Waals surface area contributed by atoms with Crippen LogP contribution in [0.25, 0.3) is 0 Å². The lowest BCUT2D eigenvalue weighted by atomic mass is 10.2. The Morgan fingerprint density at radius 1 is 1.36 bits per heavy atom. The molecule has 2 N–H and O–H groups in total. The second-order valence-electron chi connectivity index (χ2n) is 4.64. The van der Waals surface area contributed by atoms with Gasteiger partial charge in [-0.05, 0) is 31.7 Å². The Labute approximate surface area is 128 Å². The number of nitrogens with zero attached hydrogens (tertiary/aromatic N) is 3. The number of carbonyl (C=O) groups is 1. The molecule has 0 atom stereocenters. The van der Waals surface area contributed by atoms with Crippen LogP contribution >= 0.6 is 0 Å². The number of sulfonamides is 1. The van der Waals surface area contributed by atoms with E-state index >= 15 is 0 Å². The van der Waals surface area contributed by atoms with Crippen molar-refractivity contribution in [3.8, 4) is 0 Å². The highest BCUT2D eigenvalue weighted by Gasteiger charge is 2.15. The first-order valence-electron chi connectivity index (χ1n) is 6.59. The maximum Gasteiger partial charge on any atom is 0.240 e. The minimum atomic E-state index is -3.56. The summed E-state index contributed by atoms with van der Waals surface area (Å²) in [6.07, 6.45) is 3.13. The Balaban J connectivity index is 2.06. The van der Waals surface area contributed by atoms with E-state index in [1.165, 1.54) is 25.8 Å². The molecule has 0 radical (unpaired) electrons. The quantitative estimate of drug-likeness (QED) is 0.806. The van der Waals surface area contributed by atoms with Gasteiger partial charge < -0.3 is 5.32 Å². The van der Waals surface area contributed by atoms with Gasteiger partial charge in [-0.1, -0.05) is 6.07 Å². The summed E-state index contributed by atoms with van der Waals surface area (Å²) in [5.74, 6) is -0.229. The number of amides is 1. The highest BCUT2D eigenvalue weighted by atomic mass is 32.2. The van der Waals surface area contributed by atoms with Gasteiger partial charge in [0.15, 0.2) is 0 Å². The third-order valence-corrected chi connectivity index (χ3v) is 4.62. The molecule has 118 valence electrons. The third kappa shape index (κ3) is 3.89. The van der Waals surface area contributed by atoms with Gasteiger partial charge in [0, 0.05) is 12.1 Å². The van der Waals surface area contributed by atoms with Crippen LogP contribution in [0.15, 0.2) is 35.7 Å². The highest BCUT2D eigenvalue weighted by Crippen LogP contribution is 2.20. The molecule has 0 aliphatic carbocycles. The fourth-order valence-corrected chi connectivity index (χ4v) is 2.86. The van der Waals surface area contributed by atoms with Gasteiger partial charge >= 0.3 is 0 Å². The van der Waals surface area contributed by atoms with Crippen LogP contribution in [0, 0.1) is 6.92 Å². The van der Waals surface area contributed by atoms with Gasteiger partial charge in [0.05, 0.1) is 11.4 Å². The number of anilines is 1. The molecule has 22 heavy (non-hydrogen) atoms. The summed E-state index contributed by atoms with van der Waals surface area (Å²) in [6.45, 7) is 2.10. The Hall–Kier alpha value is -2.26. The first-order valence-corrected chi connectivity index (χ1v) is 8.07. The molecule has 1 heterocycles. The SMILES string of the molecule is CNS(=O)(=O)c1cc(NC(=O)CCn2cncn2)ccc1C. The average Bonchev–Trinajstić information content (AvgIpc) is 3.00. The zero-order valence-corrected chi connectivity index (χ0v) is 13.1. The molecule has 1 aromatic carbocycles. The van der Waals surface area contributed by atoms with Crippen molar-refractivity contribution in [1.82, 2.24) is 19.5 Å². The molecule has 0 saturated carbocycles. The number of aryl methyl sites for hydroxylation is 2. The molecule has 9 heteroatoms. The molecule has 1 aromatic heterocycles. The summed E-state index contributed by atoms with van der Waals surface area (Å²) in [6, 6.07) is 4.75. The number of hydrogen-bond acceptors (Lipinski definition) is 5. The molecule has 1 amide bonds. The number of rotatable bonds is 6. The van der Waals surface area contributed by atoms with E-state index in [9.17, 15) is 13.2 Å².